The van der Waals surface area contributed by atoms with E-state index in [0.29, 0.717) is 17.9 Å². The smallest absolute Gasteiger partial charge is 0.308 e. The van der Waals surface area contributed by atoms with Crippen molar-refractivity contribution >= 4 is 5.91 Å². The fourth-order valence-electron chi connectivity index (χ4n) is 1.90. The number of unbranched alkanes of at least 4 members (excludes halogenated alkanes) is 2. The van der Waals surface area contributed by atoms with Crippen LogP contribution in [-0.2, 0) is 0 Å². The van der Waals surface area contributed by atoms with Gasteiger partial charge in [0.1, 0.15) is 5.75 Å². The van der Waals surface area contributed by atoms with Crippen LogP contribution in [0.5, 0.6) is 5.75 Å². The predicted molar refractivity (Wildman–Crippen MR) is 78.1 cm³/mol. The van der Waals surface area contributed by atoms with E-state index in [1.165, 1.54) is 0 Å². The van der Waals surface area contributed by atoms with Crippen LogP contribution in [0.15, 0.2) is 28.7 Å². The molecule has 21 heavy (non-hydrogen) atoms. The lowest BCUT2D eigenvalue weighted by atomic mass is 10.2. The highest BCUT2D eigenvalue weighted by molar-refractivity contribution is 5.89. The number of benzene rings is 1. The van der Waals surface area contributed by atoms with Crippen LogP contribution in [0.3, 0.4) is 0 Å². The molecule has 0 unspecified atom stereocenters. The van der Waals surface area contributed by atoms with E-state index in [1.54, 1.807) is 19.2 Å². The van der Waals surface area contributed by atoms with Crippen molar-refractivity contribution in [2.75, 3.05) is 13.7 Å². The molecule has 0 radical (unpaired) electrons. The Morgan fingerprint density at radius 3 is 2.86 bits per heavy atom. The van der Waals surface area contributed by atoms with Gasteiger partial charge in [-0.1, -0.05) is 31.9 Å². The summed E-state index contributed by atoms with van der Waals surface area (Å²) in [5.41, 5.74) is 0.664. The molecule has 0 aliphatic rings. The maximum atomic E-state index is 11.9. The average molecular weight is 289 g/mol. The first-order valence-electron chi connectivity index (χ1n) is 7.01. The van der Waals surface area contributed by atoms with Crippen molar-refractivity contribution in [3.05, 3.63) is 30.2 Å². The molecule has 2 aromatic rings. The number of rotatable bonds is 7. The molecule has 1 N–H and O–H groups in total. The monoisotopic (exact) mass is 289 g/mol. The first-order valence-corrected chi connectivity index (χ1v) is 7.01. The highest BCUT2D eigenvalue weighted by Gasteiger charge is 2.17. The summed E-state index contributed by atoms with van der Waals surface area (Å²) in [6, 6.07) is 7.28. The molecule has 1 amide bonds. The largest absolute Gasteiger partial charge is 0.496 e. The molecular formula is C15H19N3O3. The number of para-hydroxylation sites is 1. The second kappa shape index (κ2) is 7.42. The predicted octanol–water partition coefficient (Wildman–Crippen LogP) is 2.67. The lowest BCUT2D eigenvalue weighted by Crippen LogP contribution is -2.24. The van der Waals surface area contributed by atoms with Gasteiger partial charge in [0, 0.05) is 6.54 Å². The number of hydrogen-bond acceptors (Lipinski definition) is 5. The van der Waals surface area contributed by atoms with E-state index in [1.807, 2.05) is 12.1 Å². The first-order chi connectivity index (χ1) is 10.3. The van der Waals surface area contributed by atoms with Crippen LogP contribution in [0.4, 0.5) is 0 Å². The van der Waals surface area contributed by atoms with Gasteiger partial charge in [-0.2, -0.15) is 0 Å². The lowest BCUT2D eigenvalue weighted by Gasteiger charge is -2.03. The minimum absolute atomic E-state index is 0.0348. The van der Waals surface area contributed by atoms with Crippen molar-refractivity contribution in [1.29, 1.82) is 0 Å². The Morgan fingerprint density at radius 1 is 1.29 bits per heavy atom. The van der Waals surface area contributed by atoms with E-state index in [-0.39, 0.29) is 17.7 Å². The fraction of sp³-hybridized carbons (Fsp3) is 0.400. The number of carbonyl (C=O) groups excluding carboxylic acids is 1. The molecule has 0 saturated heterocycles. The SMILES string of the molecule is CCCCCNC(=O)c1nnc(-c2ccccc2OC)o1. The molecule has 1 heterocycles. The van der Waals surface area contributed by atoms with Gasteiger partial charge in [0.05, 0.1) is 12.7 Å². The molecule has 0 bridgehead atoms. The highest BCUT2D eigenvalue weighted by Crippen LogP contribution is 2.28. The summed E-state index contributed by atoms with van der Waals surface area (Å²) in [5, 5.41) is 10.4. The van der Waals surface area contributed by atoms with E-state index in [2.05, 4.69) is 22.4 Å². The van der Waals surface area contributed by atoms with Crippen LogP contribution in [0, 0.1) is 0 Å². The van der Waals surface area contributed by atoms with Gasteiger partial charge in [0.25, 0.3) is 5.89 Å². The fourth-order valence-corrected chi connectivity index (χ4v) is 1.90. The molecule has 0 aliphatic heterocycles. The standard InChI is InChI=1S/C15H19N3O3/c1-3-4-7-10-16-13(19)15-18-17-14(21-15)11-8-5-6-9-12(11)20-2/h5-6,8-9H,3-4,7,10H2,1-2H3,(H,16,19). The van der Waals surface area contributed by atoms with E-state index >= 15 is 0 Å². The minimum Gasteiger partial charge on any atom is -0.496 e. The second-order valence-corrected chi connectivity index (χ2v) is 4.58. The van der Waals surface area contributed by atoms with Crippen LogP contribution < -0.4 is 10.1 Å². The third kappa shape index (κ3) is 3.81. The summed E-state index contributed by atoms with van der Waals surface area (Å²) in [6.45, 7) is 2.72. The summed E-state index contributed by atoms with van der Waals surface area (Å²) >= 11 is 0. The van der Waals surface area contributed by atoms with Gasteiger partial charge in [0.2, 0.25) is 0 Å². The molecule has 0 saturated carbocycles. The Morgan fingerprint density at radius 2 is 2.10 bits per heavy atom. The van der Waals surface area contributed by atoms with Gasteiger partial charge in [-0.05, 0) is 18.6 Å². The molecule has 1 aromatic carbocycles. The minimum atomic E-state index is -0.347. The number of nitrogens with zero attached hydrogens (tertiary/aromatic N) is 2. The van der Waals surface area contributed by atoms with Crippen LogP contribution in [-0.4, -0.2) is 29.8 Å². The van der Waals surface area contributed by atoms with Gasteiger partial charge in [0.15, 0.2) is 0 Å². The van der Waals surface area contributed by atoms with Crippen LogP contribution >= 0.6 is 0 Å². The first kappa shape index (κ1) is 15.0. The second-order valence-electron chi connectivity index (χ2n) is 4.58. The summed E-state index contributed by atoms with van der Waals surface area (Å²) in [6.07, 6.45) is 3.13. The molecule has 0 spiro atoms. The Hall–Kier alpha value is -2.37. The maximum absolute atomic E-state index is 11.9. The summed E-state index contributed by atoms with van der Waals surface area (Å²) in [7, 11) is 1.57. The number of aromatic nitrogens is 2. The van der Waals surface area contributed by atoms with Crippen molar-refractivity contribution in [2.24, 2.45) is 0 Å². The van der Waals surface area contributed by atoms with Crippen molar-refractivity contribution in [3.8, 4) is 17.2 Å². The summed E-state index contributed by atoms with van der Waals surface area (Å²) in [5.74, 6) is 0.509. The van der Waals surface area contributed by atoms with Crippen molar-refractivity contribution in [2.45, 2.75) is 26.2 Å². The van der Waals surface area contributed by atoms with Crippen molar-refractivity contribution < 1.29 is 13.9 Å². The topological polar surface area (TPSA) is 77.2 Å². The normalized spacial score (nSPS) is 10.4. The third-order valence-corrected chi connectivity index (χ3v) is 3.02. The molecule has 0 atom stereocenters. The number of nitrogens with one attached hydrogen (secondary N) is 1. The Bertz CT molecular complexity index is 595. The van der Waals surface area contributed by atoms with Crippen LogP contribution in [0.25, 0.3) is 11.5 Å². The zero-order valence-corrected chi connectivity index (χ0v) is 12.3. The van der Waals surface area contributed by atoms with Crippen molar-refractivity contribution in [1.82, 2.24) is 15.5 Å². The number of amides is 1. The van der Waals surface area contributed by atoms with Gasteiger partial charge in [-0.3, -0.25) is 4.79 Å². The molecular weight excluding hydrogens is 270 g/mol. The van der Waals surface area contributed by atoms with E-state index in [4.69, 9.17) is 9.15 Å². The average Bonchev–Trinajstić information content (AvgIpc) is 3.01. The molecule has 1 aromatic heterocycles. The van der Waals surface area contributed by atoms with E-state index in [0.717, 1.165) is 19.3 Å². The molecule has 112 valence electrons. The molecule has 2 rings (SSSR count). The number of methoxy groups -OCH3 is 1. The Balaban J connectivity index is 2.05. The van der Waals surface area contributed by atoms with Crippen molar-refractivity contribution in [3.63, 3.8) is 0 Å². The molecule has 0 aliphatic carbocycles. The lowest BCUT2D eigenvalue weighted by molar-refractivity contribution is 0.0919. The summed E-state index contributed by atoms with van der Waals surface area (Å²) in [4.78, 5) is 11.9. The van der Waals surface area contributed by atoms with Gasteiger partial charge in [-0.15, -0.1) is 10.2 Å². The third-order valence-electron chi connectivity index (χ3n) is 3.02. The molecule has 0 fully saturated rings. The zero-order chi connectivity index (χ0) is 15.1. The van der Waals surface area contributed by atoms with Crippen LogP contribution in [0.2, 0.25) is 0 Å². The van der Waals surface area contributed by atoms with E-state index in [9.17, 15) is 4.79 Å². The summed E-state index contributed by atoms with van der Waals surface area (Å²) < 4.78 is 10.6. The Labute approximate surface area is 123 Å². The molecule has 6 nitrogen and oxygen atoms in total. The Kier molecular flexibility index (Phi) is 5.31. The van der Waals surface area contributed by atoms with Gasteiger partial charge in [-0.25, -0.2) is 0 Å². The van der Waals surface area contributed by atoms with Gasteiger partial charge < -0.3 is 14.5 Å². The highest BCUT2D eigenvalue weighted by atomic mass is 16.5. The van der Waals surface area contributed by atoms with Crippen LogP contribution in [0.1, 0.15) is 36.9 Å². The maximum Gasteiger partial charge on any atom is 0.308 e. The zero-order valence-electron chi connectivity index (χ0n) is 12.3. The quantitative estimate of drug-likeness (QED) is 0.793. The number of hydrogen-bond donors (Lipinski definition) is 1. The van der Waals surface area contributed by atoms with Gasteiger partial charge >= 0.3 is 11.8 Å². The number of ether oxygens (including phenoxy) is 1. The molecule has 6 heteroatoms. The van der Waals surface area contributed by atoms with E-state index < -0.39 is 0 Å². The number of carbonyl (C=O) groups is 1.